The van der Waals surface area contributed by atoms with E-state index in [0.29, 0.717) is 17.5 Å². The van der Waals surface area contributed by atoms with Crippen LogP contribution in [0.5, 0.6) is 0 Å². The van der Waals surface area contributed by atoms with E-state index in [2.05, 4.69) is 164 Å². The maximum atomic E-state index is 5.26. The summed E-state index contributed by atoms with van der Waals surface area (Å²) in [5.74, 6) is 1.97. The molecule has 0 unspecified atom stereocenters. The molecule has 0 atom stereocenters. The van der Waals surface area contributed by atoms with Crippen molar-refractivity contribution in [2.45, 2.75) is 20.6 Å². The lowest BCUT2D eigenvalue weighted by atomic mass is 9.51. The Bertz CT molecular complexity index is 2910. The Kier molecular flexibility index (Phi) is 6.99. The Balaban J connectivity index is 1.19. The molecule has 2 aliphatic carbocycles. The summed E-state index contributed by atoms with van der Waals surface area (Å²) in [7, 11) is 0. The number of fused-ring (bicyclic) bond motifs is 15. The zero-order valence-corrected chi connectivity index (χ0v) is 31.6. The van der Waals surface area contributed by atoms with Crippen LogP contribution in [0, 0.1) is 0 Å². The van der Waals surface area contributed by atoms with E-state index in [1.54, 1.807) is 0 Å². The van der Waals surface area contributed by atoms with Gasteiger partial charge in [0.25, 0.3) is 0 Å². The molecule has 8 aromatic carbocycles. The number of aromatic nitrogens is 3. The van der Waals surface area contributed by atoms with Crippen molar-refractivity contribution in [2.24, 2.45) is 0 Å². The van der Waals surface area contributed by atoms with Crippen LogP contribution < -0.4 is 0 Å². The normalized spacial score (nSPS) is 14.5. The van der Waals surface area contributed by atoms with Gasteiger partial charge in [-0.25, -0.2) is 15.0 Å². The van der Waals surface area contributed by atoms with Crippen LogP contribution in [0.2, 0.25) is 0 Å². The molecule has 0 radical (unpaired) electrons. The van der Waals surface area contributed by atoms with Gasteiger partial charge in [-0.05, 0) is 61.7 Å². The highest BCUT2D eigenvalue weighted by Crippen LogP contribution is 2.67. The van der Waals surface area contributed by atoms with Gasteiger partial charge in [0.05, 0.1) is 10.8 Å². The predicted octanol–water partition coefficient (Wildman–Crippen LogP) is 12.4. The molecule has 2 spiro atoms. The molecule has 266 valence electrons. The van der Waals surface area contributed by atoms with Crippen molar-refractivity contribution in [3.05, 3.63) is 245 Å². The second-order valence-electron chi connectivity index (χ2n) is 15.0. The van der Waals surface area contributed by atoms with Crippen LogP contribution in [-0.4, -0.2) is 15.0 Å². The number of hydrogen-bond acceptors (Lipinski definition) is 4. The molecule has 0 amide bonds. The number of benzene rings is 8. The minimum Gasteiger partial charge on any atom is -0.208 e. The first-order valence-corrected chi connectivity index (χ1v) is 20.3. The van der Waals surface area contributed by atoms with E-state index in [1.165, 1.54) is 60.5 Å². The van der Waals surface area contributed by atoms with Crippen LogP contribution in [0.3, 0.4) is 0 Å². The Morgan fingerprint density at radius 2 is 0.649 bits per heavy atom. The Labute approximate surface area is 335 Å². The maximum absolute atomic E-state index is 5.26. The summed E-state index contributed by atoms with van der Waals surface area (Å²) >= 11 is 1.82. The monoisotopic (exact) mass is 743 g/mol. The van der Waals surface area contributed by atoms with E-state index in [-0.39, 0.29) is 0 Å². The summed E-state index contributed by atoms with van der Waals surface area (Å²) in [5.41, 5.74) is 14.8. The maximum Gasteiger partial charge on any atom is 0.165 e. The molecule has 4 heteroatoms. The van der Waals surface area contributed by atoms with Crippen LogP contribution in [-0.2, 0) is 10.8 Å². The lowest BCUT2D eigenvalue weighted by molar-refractivity contribution is 0.606. The SMILES string of the molecule is c1ccc(-c2nc(-c3ccccc3)nc(-c3cccc4c3Sc3ccccc3C43c4ccccc4C4(c5ccccc5-c5ccccc54)c4ccccc43)n2)cc1. The summed E-state index contributed by atoms with van der Waals surface area (Å²) in [6.45, 7) is 0. The van der Waals surface area contributed by atoms with Crippen molar-refractivity contribution in [3.63, 3.8) is 0 Å². The molecule has 3 nitrogen and oxygen atoms in total. The molecular weight excluding hydrogens is 711 g/mol. The highest BCUT2D eigenvalue weighted by Gasteiger charge is 2.58. The van der Waals surface area contributed by atoms with Crippen LogP contribution in [0.1, 0.15) is 44.5 Å². The predicted molar refractivity (Wildman–Crippen MR) is 229 cm³/mol. The number of nitrogens with zero attached hydrogens (tertiary/aromatic N) is 3. The van der Waals surface area contributed by atoms with Gasteiger partial charge < -0.3 is 0 Å². The molecule has 57 heavy (non-hydrogen) atoms. The zero-order valence-electron chi connectivity index (χ0n) is 30.8. The van der Waals surface area contributed by atoms with Gasteiger partial charge in [-0.1, -0.05) is 206 Å². The minimum atomic E-state index is -0.629. The third-order valence-electron chi connectivity index (χ3n) is 12.3. The van der Waals surface area contributed by atoms with Crippen molar-refractivity contribution in [3.8, 4) is 45.3 Å². The van der Waals surface area contributed by atoms with Gasteiger partial charge >= 0.3 is 0 Å². The highest BCUT2D eigenvalue weighted by molar-refractivity contribution is 7.99. The van der Waals surface area contributed by atoms with E-state index >= 15 is 0 Å². The summed E-state index contributed by atoms with van der Waals surface area (Å²) in [6.07, 6.45) is 0. The Hall–Kier alpha value is -6.88. The highest BCUT2D eigenvalue weighted by atomic mass is 32.2. The molecule has 9 aromatic rings. The van der Waals surface area contributed by atoms with Crippen molar-refractivity contribution in [2.75, 3.05) is 0 Å². The van der Waals surface area contributed by atoms with Gasteiger partial charge in [-0.15, -0.1) is 0 Å². The summed E-state index contributed by atoms with van der Waals surface area (Å²) < 4.78 is 0. The largest absolute Gasteiger partial charge is 0.208 e. The first-order valence-electron chi connectivity index (χ1n) is 19.5. The van der Waals surface area contributed by atoms with Crippen LogP contribution >= 0.6 is 11.8 Å². The smallest absolute Gasteiger partial charge is 0.165 e. The second kappa shape index (κ2) is 12.3. The summed E-state index contributed by atoms with van der Waals surface area (Å²) in [6, 6.07) is 72.8. The van der Waals surface area contributed by atoms with E-state index < -0.39 is 10.8 Å². The fourth-order valence-corrected chi connectivity index (χ4v) is 11.4. The van der Waals surface area contributed by atoms with Gasteiger partial charge in [0.15, 0.2) is 17.5 Å². The Morgan fingerprint density at radius 1 is 0.281 bits per heavy atom. The number of hydrogen-bond donors (Lipinski definition) is 0. The quantitative estimate of drug-likeness (QED) is 0.181. The summed E-state index contributed by atoms with van der Waals surface area (Å²) in [5, 5.41) is 0. The lowest BCUT2D eigenvalue weighted by Crippen LogP contribution is -2.45. The molecule has 0 saturated carbocycles. The number of rotatable bonds is 3. The molecule has 0 bridgehead atoms. The fourth-order valence-electron chi connectivity index (χ4n) is 10.1. The van der Waals surface area contributed by atoms with Gasteiger partial charge in [-0.2, -0.15) is 0 Å². The standard InChI is InChI=1S/C53H33N3S/c1-3-18-34(19-4-1)49-54-50(35-20-5-2-6-21-35)56-51(55-49)38-24-17-32-46-48(38)57-47-33-16-15-31-45(47)53(46)43-29-13-11-27-41(43)52(42-28-12-14-30-44(42)53)39-25-9-7-22-36(39)37-23-8-10-26-40(37)52/h1-33H. The average Bonchev–Trinajstić information content (AvgIpc) is 3.59. The molecule has 0 N–H and O–H groups in total. The molecule has 1 aromatic heterocycles. The minimum absolute atomic E-state index is 0.494. The third kappa shape index (κ3) is 4.36. The van der Waals surface area contributed by atoms with Crippen molar-refractivity contribution in [1.82, 2.24) is 15.0 Å². The summed E-state index contributed by atoms with van der Waals surface area (Å²) in [4.78, 5) is 17.9. The van der Waals surface area contributed by atoms with Gasteiger partial charge in [0, 0.05) is 26.5 Å². The molecule has 0 fully saturated rings. The lowest BCUT2D eigenvalue weighted by Gasteiger charge is -2.52. The van der Waals surface area contributed by atoms with Gasteiger partial charge in [-0.3, -0.25) is 0 Å². The van der Waals surface area contributed by atoms with Crippen molar-refractivity contribution in [1.29, 1.82) is 0 Å². The van der Waals surface area contributed by atoms with E-state index in [0.717, 1.165) is 21.6 Å². The van der Waals surface area contributed by atoms with Crippen LogP contribution in [0.15, 0.2) is 210 Å². The van der Waals surface area contributed by atoms with Crippen LogP contribution in [0.25, 0.3) is 45.3 Å². The van der Waals surface area contributed by atoms with Crippen molar-refractivity contribution < 1.29 is 0 Å². The molecule has 3 aliphatic rings. The topological polar surface area (TPSA) is 38.7 Å². The Morgan fingerprint density at radius 3 is 1.18 bits per heavy atom. The van der Waals surface area contributed by atoms with E-state index in [9.17, 15) is 0 Å². The zero-order chi connectivity index (χ0) is 37.6. The second-order valence-corrected chi connectivity index (χ2v) is 16.1. The molecule has 0 saturated heterocycles. The van der Waals surface area contributed by atoms with Crippen LogP contribution in [0.4, 0.5) is 0 Å². The van der Waals surface area contributed by atoms with E-state index in [4.69, 9.17) is 15.0 Å². The molecule has 2 heterocycles. The molecule has 1 aliphatic heterocycles. The third-order valence-corrected chi connectivity index (χ3v) is 13.5. The molecule has 12 rings (SSSR count). The first kappa shape index (κ1) is 32.4. The van der Waals surface area contributed by atoms with E-state index in [1.807, 2.05) is 48.2 Å². The molecular formula is C53H33N3S. The van der Waals surface area contributed by atoms with Crippen molar-refractivity contribution >= 4 is 11.8 Å². The van der Waals surface area contributed by atoms with Gasteiger partial charge in [0.1, 0.15) is 0 Å². The average molecular weight is 744 g/mol. The van der Waals surface area contributed by atoms with Gasteiger partial charge in [0.2, 0.25) is 0 Å². The first-order chi connectivity index (χ1) is 28.3. The fraction of sp³-hybridized carbons (Fsp3) is 0.0377.